The number of nitriles is 1. The molecule has 1 saturated carbocycles. The molecule has 1 atom stereocenters. The zero-order valence-corrected chi connectivity index (χ0v) is 19.5. The fourth-order valence-corrected chi connectivity index (χ4v) is 4.26. The fourth-order valence-electron chi connectivity index (χ4n) is 4.26. The van der Waals surface area contributed by atoms with Crippen molar-refractivity contribution >= 4 is 29.0 Å². The molecule has 10 heteroatoms. The van der Waals surface area contributed by atoms with Crippen molar-refractivity contribution in [2.45, 2.75) is 38.1 Å². The van der Waals surface area contributed by atoms with Crippen LogP contribution in [-0.4, -0.2) is 66.1 Å². The van der Waals surface area contributed by atoms with E-state index in [2.05, 4.69) is 21.3 Å². The summed E-state index contributed by atoms with van der Waals surface area (Å²) in [7, 11) is 1.59. The number of aromatic nitrogens is 2. The Labute approximate surface area is 198 Å². The van der Waals surface area contributed by atoms with Crippen LogP contribution in [0, 0.1) is 11.3 Å². The Balaban J connectivity index is 1.59. The fraction of sp³-hybridized carbons (Fsp3) is 0.458. The van der Waals surface area contributed by atoms with Crippen LogP contribution in [0.2, 0.25) is 0 Å². The first-order valence-corrected chi connectivity index (χ1v) is 11.4. The van der Waals surface area contributed by atoms with Crippen LogP contribution in [0.1, 0.15) is 53.8 Å². The number of ether oxygens (including phenoxy) is 1. The molecule has 2 aliphatic rings. The van der Waals surface area contributed by atoms with Gasteiger partial charge in [-0.3, -0.25) is 14.6 Å². The molecule has 0 bridgehead atoms. The second-order valence-corrected chi connectivity index (χ2v) is 8.72. The summed E-state index contributed by atoms with van der Waals surface area (Å²) in [5.41, 5.74) is 8.27. The van der Waals surface area contributed by atoms with E-state index in [1.807, 2.05) is 17.9 Å². The van der Waals surface area contributed by atoms with Crippen LogP contribution in [-0.2, 0) is 9.53 Å². The lowest BCUT2D eigenvalue weighted by Crippen LogP contribution is -2.54. The third kappa shape index (κ3) is 5.10. The van der Waals surface area contributed by atoms with Gasteiger partial charge in [-0.2, -0.15) is 5.26 Å². The summed E-state index contributed by atoms with van der Waals surface area (Å²) in [5.74, 6) is 0.443. The number of rotatable bonds is 8. The molecule has 3 heterocycles. The van der Waals surface area contributed by atoms with Gasteiger partial charge in [0.15, 0.2) is 0 Å². The van der Waals surface area contributed by atoms with Gasteiger partial charge < -0.3 is 25.6 Å². The zero-order chi connectivity index (χ0) is 24.2. The van der Waals surface area contributed by atoms with Gasteiger partial charge in [0.25, 0.3) is 5.91 Å². The van der Waals surface area contributed by atoms with Gasteiger partial charge in [0, 0.05) is 50.6 Å². The van der Waals surface area contributed by atoms with Gasteiger partial charge in [-0.05, 0) is 38.0 Å². The van der Waals surface area contributed by atoms with E-state index < -0.39 is 5.91 Å². The number of anilines is 3. The molecule has 0 spiro atoms. The summed E-state index contributed by atoms with van der Waals surface area (Å²) in [6.45, 7) is 4.20. The van der Waals surface area contributed by atoms with Gasteiger partial charge in [0.1, 0.15) is 17.6 Å². The first-order valence-electron chi connectivity index (χ1n) is 11.4. The van der Waals surface area contributed by atoms with Crippen LogP contribution < -0.4 is 16.0 Å². The lowest BCUT2D eigenvalue weighted by atomic mass is 10.1. The van der Waals surface area contributed by atoms with Crippen molar-refractivity contribution in [2.24, 2.45) is 5.73 Å². The molecular formula is C24H29N7O3. The number of nitrogens with one attached hydrogen (secondary N) is 1. The van der Waals surface area contributed by atoms with Crippen LogP contribution in [0.4, 0.5) is 17.2 Å². The van der Waals surface area contributed by atoms with Crippen LogP contribution in [0.25, 0.3) is 0 Å². The Bertz CT molecular complexity index is 1130. The average molecular weight is 464 g/mol. The van der Waals surface area contributed by atoms with Gasteiger partial charge >= 0.3 is 0 Å². The standard InChI is InChI=1S/C24H29N7O3/c1-15-14-30(8-9-31(15)21(32)6-10-34-2)24-17(13-25)11-19(22(29-24)16-3-4-16)28-18-5-7-27-20(12-18)23(26)33/h5,7,11-12,15-16H,3-4,6,8-10,14H2,1-2H3,(H2,26,33)(H,27,28). The first kappa shape index (κ1) is 23.4. The summed E-state index contributed by atoms with van der Waals surface area (Å²) in [6.07, 6.45) is 3.95. The number of carbonyl (C=O) groups excluding carboxylic acids is 2. The largest absolute Gasteiger partial charge is 0.384 e. The zero-order valence-electron chi connectivity index (χ0n) is 19.5. The number of hydrogen-bond acceptors (Lipinski definition) is 8. The van der Waals surface area contributed by atoms with Crippen LogP contribution in [0.5, 0.6) is 0 Å². The topological polar surface area (TPSA) is 137 Å². The molecule has 2 aromatic heterocycles. The van der Waals surface area contributed by atoms with Gasteiger partial charge in [0.05, 0.1) is 30.0 Å². The Kier molecular flexibility index (Phi) is 6.93. The van der Waals surface area contributed by atoms with Gasteiger partial charge in [-0.1, -0.05) is 0 Å². The third-order valence-electron chi connectivity index (χ3n) is 6.18. The quantitative estimate of drug-likeness (QED) is 0.607. The van der Waals surface area contributed by atoms with Gasteiger partial charge in [0.2, 0.25) is 5.91 Å². The summed E-state index contributed by atoms with van der Waals surface area (Å²) < 4.78 is 5.04. The monoisotopic (exact) mass is 463 g/mol. The maximum Gasteiger partial charge on any atom is 0.267 e. The molecule has 1 aliphatic heterocycles. The number of primary amides is 1. The van der Waals surface area contributed by atoms with Gasteiger partial charge in [-0.25, -0.2) is 4.98 Å². The van der Waals surface area contributed by atoms with E-state index in [-0.39, 0.29) is 17.6 Å². The SMILES string of the molecule is COCCC(=O)N1CCN(c2nc(C3CC3)c(Nc3ccnc(C(N)=O)c3)cc2C#N)CC1C. The Morgan fingerprint density at radius 3 is 2.76 bits per heavy atom. The molecule has 1 saturated heterocycles. The second-order valence-electron chi connectivity index (χ2n) is 8.72. The molecule has 0 aromatic carbocycles. The van der Waals surface area contributed by atoms with E-state index in [4.69, 9.17) is 15.5 Å². The van der Waals surface area contributed by atoms with E-state index in [9.17, 15) is 14.9 Å². The van der Waals surface area contributed by atoms with Gasteiger partial charge in [-0.15, -0.1) is 0 Å². The molecule has 1 aliphatic carbocycles. The van der Waals surface area contributed by atoms with Crippen molar-refractivity contribution in [3.05, 3.63) is 41.3 Å². The second kappa shape index (κ2) is 10.1. The highest BCUT2D eigenvalue weighted by molar-refractivity contribution is 5.91. The summed E-state index contributed by atoms with van der Waals surface area (Å²) in [6, 6.07) is 7.43. The first-order chi connectivity index (χ1) is 16.4. The number of hydrogen-bond donors (Lipinski definition) is 2. The lowest BCUT2D eigenvalue weighted by Gasteiger charge is -2.41. The number of pyridine rings is 2. The van der Waals surface area contributed by atoms with Crippen LogP contribution in [0.15, 0.2) is 24.4 Å². The molecule has 0 radical (unpaired) electrons. The number of amides is 2. The summed E-state index contributed by atoms with van der Waals surface area (Å²) >= 11 is 0. The Hall–Kier alpha value is -3.71. The van der Waals surface area contributed by atoms with Crippen molar-refractivity contribution in [1.29, 1.82) is 5.26 Å². The lowest BCUT2D eigenvalue weighted by molar-refractivity contribution is -0.134. The summed E-state index contributed by atoms with van der Waals surface area (Å²) in [5, 5.41) is 13.2. The predicted octanol–water partition coefficient (Wildman–Crippen LogP) is 2.14. The molecular weight excluding hydrogens is 434 g/mol. The molecule has 4 rings (SSSR count). The molecule has 2 fully saturated rings. The minimum absolute atomic E-state index is 0.00216. The third-order valence-corrected chi connectivity index (χ3v) is 6.18. The molecule has 10 nitrogen and oxygen atoms in total. The highest BCUT2D eigenvalue weighted by atomic mass is 16.5. The number of piperazine rings is 1. The number of carbonyl (C=O) groups is 2. The van der Waals surface area contributed by atoms with Crippen molar-refractivity contribution in [1.82, 2.24) is 14.9 Å². The Morgan fingerprint density at radius 2 is 2.12 bits per heavy atom. The molecule has 34 heavy (non-hydrogen) atoms. The van der Waals surface area contributed by atoms with E-state index in [1.165, 1.54) is 6.20 Å². The van der Waals surface area contributed by atoms with E-state index >= 15 is 0 Å². The number of nitrogens with two attached hydrogens (primary N) is 1. The van der Waals surface area contributed by atoms with Crippen molar-refractivity contribution in [3.8, 4) is 6.07 Å². The molecule has 2 amide bonds. The average Bonchev–Trinajstić information content (AvgIpc) is 3.67. The maximum atomic E-state index is 12.5. The Morgan fingerprint density at radius 1 is 1.32 bits per heavy atom. The van der Waals surface area contributed by atoms with Crippen molar-refractivity contribution < 1.29 is 14.3 Å². The van der Waals surface area contributed by atoms with E-state index in [0.717, 1.165) is 24.2 Å². The highest BCUT2D eigenvalue weighted by Gasteiger charge is 2.33. The number of nitrogens with zero attached hydrogens (tertiary/aromatic N) is 5. The minimum atomic E-state index is -0.605. The highest BCUT2D eigenvalue weighted by Crippen LogP contribution is 2.44. The van der Waals surface area contributed by atoms with E-state index in [1.54, 1.807) is 19.2 Å². The summed E-state index contributed by atoms with van der Waals surface area (Å²) in [4.78, 5) is 36.9. The molecule has 178 valence electrons. The van der Waals surface area contributed by atoms with Crippen LogP contribution in [0.3, 0.4) is 0 Å². The smallest absolute Gasteiger partial charge is 0.267 e. The minimum Gasteiger partial charge on any atom is -0.384 e. The van der Waals surface area contributed by atoms with Crippen molar-refractivity contribution in [3.63, 3.8) is 0 Å². The number of methoxy groups -OCH3 is 1. The van der Waals surface area contributed by atoms with Crippen molar-refractivity contribution in [2.75, 3.05) is 43.6 Å². The molecule has 1 unspecified atom stereocenters. The normalized spacial score (nSPS) is 17.9. The molecule has 2 aromatic rings. The maximum absolute atomic E-state index is 12.5. The molecule has 3 N–H and O–H groups in total. The van der Waals surface area contributed by atoms with E-state index in [0.29, 0.717) is 55.6 Å². The predicted molar refractivity (Wildman–Crippen MR) is 127 cm³/mol. The van der Waals surface area contributed by atoms with Crippen LogP contribution >= 0.6 is 0 Å².